The van der Waals surface area contributed by atoms with E-state index in [-0.39, 0.29) is 13.2 Å². The summed E-state index contributed by atoms with van der Waals surface area (Å²) in [6, 6.07) is -0.860. The molecular weight excluding hydrogens is 192 g/mol. The summed E-state index contributed by atoms with van der Waals surface area (Å²) in [6.07, 6.45) is -2.14. The summed E-state index contributed by atoms with van der Waals surface area (Å²) in [5.74, 6) is 0. The van der Waals surface area contributed by atoms with Gasteiger partial charge in [0.15, 0.2) is 5.72 Å². The fourth-order valence-electron chi connectivity index (χ4n) is 1.83. The number of nitrogens with two attached hydrogens (primary N) is 1. The molecule has 0 bridgehead atoms. The summed E-state index contributed by atoms with van der Waals surface area (Å²) in [6.45, 7) is -0.0551. The molecule has 80 valence electrons. The first kappa shape index (κ1) is 9.66. The Kier molecular flexibility index (Phi) is 2.11. The molecule has 0 saturated carbocycles. The van der Waals surface area contributed by atoms with Crippen LogP contribution in [0.5, 0.6) is 0 Å². The van der Waals surface area contributed by atoms with Gasteiger partial charge in [-0.15, -0.1) is 0 Å². The minimum atomic E-state index is -1.63. The first-order valence-corrected chi connectivity index (χ1v) is 4.24. The molecule has 0 radical (unpaired) electrons. The van der Waals surface area contributed by atoms with Crippen molar-refractivity contribution in [1.29, 1.82) is 0 Å². The summed E-state index contributed by atoms with van der Waals surface area (Å²) < 4.78 is 10.2. The van der Waals surface area contributed by atoms with Crippen LogP contribution < -0.4 is 11.1 Å². The van der Waals surface area contributed by atoms with Gasteiger partial charge in [0.2, 0.25) is 0 Å². The predicted molar refractivity (Wildman–Crippen MR) is 43.2 cm³/mol. The van der Waals surface area contributed by atoms with E-state index >= 15 is 0 Å². The van der Waals surface area contributed by atoms with Crippen molar-refractivity contribution in [3.05, 3.63) is 0 Å². The molecule has 4 atom stereocenters. The number of aliphatic hydroxyl groups is 2. The Labute approximate surface area is 79.8 Å². The van der Waals surface area contributed by atoms with E-state index in [1.54, 1.807) is 0 Å². The number of hydrogen-bond donors (Lipinski definition) is 4. The number of carbonyl (C=O) groups excluding carboxylic acids is 1. The van der Waals surface area contributed by atoms with Crippen LogP contribution in [-0.2, 0) is 9.47 Å². The Hall–Kier alpha value is -0.890. The number of hydrogen-bond acceptors (Lipinski definition) is 5. The van der Waals surface area contributed by atoms with E-state index in [1.807, 2.05) is 0 Å². The van der Waals surface area contributed by atoms with Crippen LogP contribution in [0.25, 0.3) is 0 Å². The van der Waals surface area contributed by atoms with Crippen molar-refractivity contribution in [1.82, 2.24) is 5.32 Å². The van der Waals surface area contributed by atoms with Crippen molar-refractivity contribution < 1.29 is 24.5 Å². The Balaban J connectivity index is 2.11. The first-order valence-electron chi connectivity index (χ1n) is 4.24. The minimum absolute atomic E-state index is 0.0814. The number of ether oxygens (including phenoxy) is 2. The summed E-state index contributed by atoms with van der Waals surface area (Å²) in [5.41, 5.74) is 3.26. The lowest BCUT2D eigenvalue weighted by molar-refractivity contribution is -0.0815. The quantitative estimate of drug-likeness (QED) is 0.352. The molecule has 0 aromatic carbocycles. The summed E-state index contributed by atoms with van der Waals surface area (Å²) in [7, 11) is 0. The lowest BCUT2D eigenvalue weighted by Gasteiger charge is -2.26. The molecule has 14 heavy (non-hydrogen) atoms. The third-order valence-corrected chi connectivity index (χ3v) is 2.43. The summed E-state index contributed by atoms with van der Waals surface area (Å²) >= 11 is 0. The van der Waals surface area contributed by atoms with Gasteiger partial charge in [-0.1, -0.05) is 0 Å². The van der Waals surface area contributed by atoms with Crippen molar-refractivity contribution in [2.45, 2.75) is 24.0 Å². The average Bonchev–Trinajstić information content (AvgIpc) is 2.55. The number of fused-ring (bicyclic) bond motifs is 1. The molecule has 2 aliphatic rings. The maximum atomic E-state index is 10.6. The van der Waals surface area contributed by atoms with Crippen molar-refractivity contribution in [2.24, 2.45) is 5.73 Å². The Morgan fingerprint density at radius 2 is 2.29 bits per heavy atom. The highest BCUT2D eigenvalue weighted by Gasteiger charge is 2.56. The van der Waals surface area contributed by atoms with E-state index in [9.17, 15) is 15.0 Å². The van der Waals surface area contributed by atoms with Gasteiger partial charge in [0.05, 0.1) is 13.2 Å². The molecular formula is C7H12N2O5. The van der Waals surface area contributed by atoms with E-state index in [2.05, 4.69) is 5.32 Å². The highest BCUT2D eigenvalue weighted by molar-refractivity contribution is 5.72. The fraction of sp³-hybridized carbons (Fsp3) is 0.857. The van der Waals surface area contributed by atoms with E-state index < -0.39 is 30.1 Å². The van der Waals surface area contributed by atoms with E-state index in [0.29, 0.717) is 0 Å². The van der Waals surface area contributed by atoms with Crippen LogP contribution in [0.2, 0.25) is 0 Å². The maximum absolute atomic E-state index is 10.6. The molecule has 2 fully saturated rings. The second kappa shape index (κ2) is 3.06. The molecule has 5 N–H and O–H groups in total. The molecule has 2 aliphatic heterocycles. The van der Waals surface area contributed by atoms with Crippen molar-refractivity contribution in [3.8, 4) is 0 Å². The van der Waals surface area contributed by atoms with E-state index in [1.165, 1.54) is 0 Å². The second-order valence-corrected chi connectivity index (χ2v) is 3.51. The van der Waals surface area contributed by atoms with Gasteiger partial charge in [-0.25, -0.2) is 4.79 Å². The minimum Gasteiger partial charge on any atom is -0.388 e. The molecule has 7 nitrogen and oxygen atoms in total. The summed E-state index contributed by atoms with van der Waals surface area (Å²) in [5, 5.41) is 21.4. The van der Waals surface area contributed by atoms with Gasteiger partial charge in [0, 0.05) is 0 Å². The smallest absolute Gasteiger partial charge is 0.314 e. The molecule has 7 heteroatoms. The zero-order valence-corrected chi connectivity index (χ0v) is 7.34. The Morgan fingerprint density at radius 3 is 2.93 bits per heavy atom. The van der Waals surface area contributed by atoms with Gasteiger partial charge in [-0.3, -0.25) is 0 Å². The van der Waals surface area contributed by atoms with E-state index in [4.69, 9.17) is 15.2 Å². The summed E-state index contributed by atoms with van der Waals surface area (Å²) in [4.78, 5) is 10.6. The van der Waals surface area contributed by atoms with E-state index in [0.717, 1.165) is 0 Å². The lowest BCUT2D eigenvalue weighted by atomic mass is 10.0. The molecule has 2 heterocycles. The van der Waals surface area contributed by atoms with Crippen LogP contribution in [-0.4, -0.2) is 53.5 Å². The number of aliphatic hydroxyl groups excluding tert-OH is 1. The third-order valence-electron chi connectivity index (χ3n) is 2.43. The van der Waals surface area contributed by atoms with Crippen LogP contribution in [0.3, 0.4) is 0 Å². The molecule has 0 aromatic rings. The van der Waals surface area contributed by atoms with Gasteiger partial charge in [0.1, 0.15) is 18.3 Å². The van der Waals surface area contributed by atoms with Crippen LogP contribution >= 0.6 is 0 Å². The molecule has 0 aromatic heterocycles. The lowest BCUT2D eigenvalue weighted by Crippen LogP contribution is -2.58. The maximum Gasteiger partial charge on any atom is 0.314 e. The zero-order chi connectivity index (χ0) is 10.3. The number of primary amides is 1. The number of rotatable bonds is 1. The largest absolute Gasteiger partial charge is 0.388 e. The van der Waals surface area contributed by atoms with Crippen molar-refractivity contribution in [3.63, 3.8) is 0 Å². The van der Waals surface area contributed by atoms with Gasteiger partial charge in [0.25, 0.3) is 0 Å². The van der Waals surface area contributed by atoms with Crippen LogP contribution in [0.1, 0.15) is 0 Å². The van der Waals surface area contributed by atoms with Crippen LogP contribution in [0.4, 0.5) is 4.79 Å². The highest BCUT2D eigenvalue weighted by Crippen LogP contribution is 2.32. The Morgan fingerprint density at radius 1 is 1.57 bits per heavy atom. The average molecular weight is 204 g/mol. The fourth-order valence-corrected chi connectivity index (χ4v) is 1.83. The van der Waals surface area contributed by atoms with Crippen LogP contribution in [0, 0.1) is 0 Å². The topological polar surface area (TPSA) is 114 Å². The second-order valence-electron chi connectivity index (χ2n) is 3.51. The standard InChI is InChI=1S/C7H12N2O5/c8-6(11)9-7(12)2-14-4-3(10)1-13-5(4)7/h3-5,10,12H,1-2H2,(H3,8,9,11)/t3-,4-,5+,7-/m1/s1. The number of amides is 2. The number of carbonyl (C=O) groups is 1. The molecule has 0 spiro atoms. The van der Waals surface area contributed by atoms with Crippen molar-refractivity contribution in [2.75, 3.05) is 13.2 Å². The van der Waals surface area contributed by atoms with Gasteiger partial charge < -0.3 is 30.7 Å². The van der Waals surface area contributed by atoms with Crippen LogP contribution in [0.15, 0.2) is 0 Å². The van der Waals surface area contributed by atoms with Crippen molar-refractivity contribution >= 4 is 6.03 Å². The van der Waals surface area contributed by atoms with Gasteiger partial charge in [-0.05, 0) is 0 Å². The Bertz CT molecular complexity index is 260. The molecule has 2 rings (SSSR count). The molecule has 2 amide bonds. The normalized spacial score (nSPS) is 46.3. The number of nitrogens with one attached hydrogen (secondary N) is 1. The van der Waals surface area contributed by atoms with Gasteiger partial charge >= 0.3 is 6.03 Å². The molecule has 2 saturated heterocycles. The first-order chi connectivity index (χ1) is 6.53. The molecule has 0 unspecified atom stereocenters. The third kappa shape index (κ3) is 1.34. The monoisotopic (exact) mass is 204 g/mol. The van der Waals surface area contributed by atoms with Gasteiger partial charge in [-0.2, -0.15) is 0 Å². The number of urea groups is 1. The SMILES string of the molecule is NC(=O)N[C@@]1(O)CO[C@@H]2[C@H](O)CO[C@@H]21. The zero-order valence-electron chi connectivity index (χ0n) is 7.34. The predicted octanol–water partition coefficient (Wildman–Crippen LogP) is -2.50. The highest BCUT2D eigenvalue weighted by atomic mass is 16.6. The molecule has 0 aliphatic carbocycles.